The molecule has 1 aromatic carbocycles. The van der Waals surface area contributed by atoms with E-state index < -0.39 is 0 Å². The third-order valence-corrected chi connectivity index (χ3v) is 5.75. The summed E-state index contributed by atoms with van der Waals surface area (Å²) in [4.78, 5) is 24.7. The average Bonchev–Trinajstić information content (AvgIpc) is 2.56. The minimum atomic E-state index is -0.246. The number of amides is 1. The van der Waals surface area contributed by atoms with Gasteiger partial charge >= 0.3 is 0 Å². The lowest BCUT2D eigenvalue weighted by molar-refractivity contribution is -0.128. The number of rotatable bonds is 7. The van der Waals surface area contributed by atoms with E-state index in [0.717, 1.165) is 43.4 Å². The van der Waals surface area contributed by atoms with Crippen molar-refractivity contribution in [3.63, 3.8) is 0 Å². The monoisotopic (exact) mass is 361 g/mol. The molecule has 0 radical (unpaired) electrons. The molecule has 1 atom stereocenters. The molecule has 0 heterocycles. The van der Waals surface area contributed by atoms with Crippen molar-refractivity contribution in [2.45, 2.75) is 65.7 Å². The normalized spacial score (nSPS) is 18.0. The lowest BCUT2D eigenvalue weighted by Gasteiger charge is -2.37. The smallest absolute Gasteiger partial charge is 0.230 e. The van der Waals surface area contributed by atoms with Gasteiger partial charge in [0.2, 0.25) is 5.91 Å². The number of carbonyl (C=O) groups is 2. The van der Waals surface area contributed by atoms with Gasteiger partial charge in [0.25, 0.3) is 0 Å². The third-order valence-electron chi connectivity index (χ3n) is 5.30. The van der Waals surface area contributed by atoms with E-state index in [1.807, 2.05) is 31.2 Å². The molecule has 1 N–H and O–H groups in total. The molecule has 1 aromatic rings. The Balaban J connectivity index is 2.19. The van der Waals surface area contributed by atoms with Crippen LogP contribution in [-0.2, 0) is 16.0 Å². The van der Waals surface area contributed by atoms with E-state index in [0.29, 0.717) is 12.3 Å². The molecule has 1 saturated carbocycles. The van der Waals surface area contributed by atoms with Crippen molar-refractivity contribution in [1.82, 2.24) is 0 Å². The molecule has 1 unspecified atom stereocenters. The molecule has 1 aliphatic rings. The summed E-state index contributed by atoms with van der Waals surface area (Å²) in [6.07, 6.45) is 6.98. The number of hydrogen-bond donors (Lipinski definition) is 2. The van der Waals surface area contributed by atoms with Gasteiger partial charge in [-0.2, -0.15) is 0 Å². The maximum Gasteiger partial charge on any atom is 0.230 e. The topological polar surface area (TPSA) is 46.2 Å². The van der Waals surface area contributed by atoms with E-state index in [1.165, 1.54) is 6.42 Å². The quantitative estimate of drug-likeness (QED) is 0.651. The summed E-state index contributed by atoms with van der Waals surface area (Å²) in [5.41, 5.74) is 1.59. The predicted octanol–water partition coefficient (Wildman–Crippen LogP) is 5.26. The molecule has 25 heavy (non-hydrogen) atoms. The Morgan fingerprint density at radius 1 is 1.12 bits per heavy atom. The summed E-state index contributed by atoms with van der Waals surface area (Å²) in [5.74, 6) is 0.486. The third kappa shape index (κ3) is 5.34. The molecule has 4 heteroatoms. The van der Waals surface area contributed by atoms with Gasteiger partial charge in [-0.1, -0.05) is 58.2 Å². The second-order valence-electron chi connectivity index (χ2n) is 7.99. The largest absolute Gasteiger partial charge is 0.325 e. The van der Waals surface area contributed by atoms with Crippen LogP contribution >= 0.6 is 12.6 Å². The zero-order valence-electron chi connectivity index (χ0n) is 15.7. The highest BCUT2D eigenvalue weighted by atomic mass is 32.1. The molecule has 3 nitrogen and oxygen atoms in total. The number of benzene rings is 1. The van der Waals surface area contributed by atoms with Crippen LogP contribution in [0.2, 0.25) is 0 Å². The van der Waals surface area contributed by atoms with Crippen molar-refractivity contribution in [3.8, 4) is 0 Å². The number of hydrogen-bond acceptors (Lipinski definition) is 2. The minimum Gasteiger partial charge on any atom is -0.325 e. The number of thiol groups is 1. The summed E-state index contributed by atoms with van der Waals surface area (Å²) < 4.78 is 0. The fourth-order valence-electron chi connectivity index (χ4n) is 4.03. The first-order chi connectivity index (χ1) is 11.8. The van der Waals surface area contributed by atoms with E-state index >= 15 is 0 Å². The van der Waals surface area contributed by atoms with Gasteiger partial charge < -0.3 is 5.32 Å². The van der Waals surface area contributed by atoms with Crippen molar-refractivity contribution in [3.05, 3.63) is 29.8 Å². The molecule has 0 aliphatic heterocycles. The fraction of sp³-hybridized carbons (Fsp3) is 0.619. The van der Waals surface area contributed by atoms with Crippen LogP contribution in [0.1, 0.15) is 64.9 Å². The maximum atomic E-state index is 13.2. The molecular formula is C21H31NO2S. The van der Waals surface area contributed by atoms with Crippen molar-refractivity contribution < 1.29 is 9.59 Å². The fourth-order valence-corrected chi connectivity index (χ4v) is 4.12. The zero-order chi connectivity index (χ0) is 18.4. The van der Waals surface area contributed by atoms with Crippen LogP contribution in [0, 0.1) is 17.3 Å². The molecule has 0 saturated heterocycles. The first-order valence-corrected chi connectivity index (χ1v) is 9.91. The van der Waals surface area contributed by atoms with Crippen LogP contribution in [0.25, 0.3) is 0 Å². The van der Waals surface area contributed by atoms with Crippen LogP contribution in [0.3, 0.4) is 0 Å². The van der Waals surface area contributed by atoms with E-state index in [1.54, 1.807) is 0 Å². The highest BCUT2D eigenvalue weighted by Gasteiger charge is 2.39. The van der Waals surface area contributed by atoms with Gasteiger partial charge in [0.05, 0.1) is 0 Å². The Hall–Kier alpha value is -1.29. The zero-order valence-corrected chi connectivity index (χ0v) is 16.6. The van der Waals surface area contributed by atoms with Gasteiger partial charge in [-0.15, -0.1) is 12.6 Å². The average molecular weight is 362 g/mol. The van der Waals surface area contributed by atoms with E-state index in [-0.39, 0.29) is 22.4 Å². The van der Waals surface area contributed by atoms with Gasteiger partial charge in [-0.25, -0.2) is 0 Å². The van der Waals surface area contributed by atoms with Gasteiger partial charge in [-0.05, 0) is 43.2 Å². The van der Waals surface area contributed by atoms with Crippen molar-refractivity contribution >= 4 is 29.3 Å². The van der Waals surface area contributed by atoms with Gasteiger partial charge in [0.15, 0.2) is 5.12 Å². The maximum absolute atomic E-state index is 13.2. The van der Waals surface area contributed by atoms with Crippen LogP contribution in [0.4, 0.5) is 5.69 Å². The van der Waals surface area contributed by atoms with E-state index in [2.05, 4.69) is 31.8 Å². The summed E-state index contributed by atoms with van der Waals surface area (Å²) in [6.45, 7) is 6.25. The first kappa shape index (κ1) is 20.0. The SMILES string of the molecule is CC(C)CC1(C(=O)Nc2ccccc2CC(C)C(=O)S)CCCCC1. The van der Waals surface area contributed by atoms with Crippen LogP contribution in [0.15, 0.2) is 24.3 Å². The van der Waals surface area contributed by atoms with Crippen molar-refractivity contribution in [2.75, 3.05) is 5.32 Å². The standard InChI is InChI=1S/C21H31NO2S/c1-15(2)14-21(11-7-4-8-12-21)20(24)22-18-10-6-5-9-17(18)13-16(3)19(23)25/h5-6,9-10,15-16H,4,7-8,11-14H2,1-3H3,(H,22,24)(H,23,25). The molecule has 2 rings (SSSR count). The van der Waals surface area contributed by atoms with Gasteiger partial charge in [0, 0.05) is 17.0 Å². The van der Waals surface area contributed by atoms with Gasteiger partial charge in [-0.3, -0.25) is 9.59 Å². The lowest BCUT2D eigenvalue weighted by atomic mass is 9.68. The summed E-state index contributed by atoms with van der Waals surface area (Å²) in [5, 5.41) is 3.07. The van der Waals surface area contributed by atoms with Crippen LogP contribution in [0.5, 0.6) is 0 Å². The number of nitrogens with one attached hydrogen (secondary N) is 1. The second-order valence-corrected chi connectivity index (χ2v) is 8.43. The Morgan fingerprint density at radius 3 is 2.36 bits per heavy atom. The Labute approximate surface area is 157 Å². The molecule has 0 aromatic heterocycles. The Bertz CT molecular complexity index is 606. The highest BCUT2D eigenvalue weighted by Crippen LogP contribution is 2.42. The first-order valence-electron chi connectivity index (χ1n) is 9.46. The van der Waals surface area contributed by atoms with Crippen LogP contribution in [-0.4, -0.2) is 11.0 Å². The molecule has 1 amide bonds. The lowest BCUT2D eigenvalue weighted by Crippen LogP contribution is -2.39. The number of carbonyl (C=O) groups excluding carboxylic acids is 2. The molecule has 1 aliphatic carbocycles. The van der Waals surface area contributed by atoms with Crippen molar-refractivity contribution in [2.24, 2.45) is 17.3 Å². The molecule has 0 bridgehead atoms. The van der Waals surface area contributed by atoms with Crippen molar-refractivity contribution in [1.29, 1.82) is 0 Å². The van der Waals surface area contributed by atoms with Crippen LogP contribution < -0.4 is 5.32 Å². The molecular weight excluding hydrogens is 330 g/mol. The summed E-state index contributed by atoms with van der Waals surface area (Å²) in [7, 11) is 0. The number of para-hydroxylation sites is 1. The molecule has 138 valence electrons. The Kier molecular flexibility index (Phi) is 7.12. The minimum absolute atomic E-state index is 0.121. The second kappa shape index (κ2) is 8.88. The van der Waals surface area contributed by atoms with Gasteiger partial charge in [0.1, 0.15) is 0 Å². The molecule has 0 spiro atoms. The Morgan fingerprint density at radius 2 is 1.76 bits per heavy atom. The highest BCUT2D eigenvalue weighted by molar-refractivity contribution is 7.96. The van der Waals surface area contributed by atoms with E-state index in [4.69, 9.17) is 0 Å². The summed E-state index contributed by atoms with van der Waals surface area (Å²) >= 11 is 3.94. The van der Waals surface area contributed by atoms with E-state index in [9.17, 15) is 9.59 Å². The summed E-state index contributed by atoms with van der Waals surface area (Å²) in [6, 6.07) is 7.81. The predicted molar refractivity (Wildman–Crippen MR) is 107 cm³/mol. The molecule has 1 fully saturated rings. The number of anilines is 1.